The second-order valence-corrected chi connectivity index (χ2v) is 12.7. The number of carbonyl (C=O) groups is 3. The zero-order valence-electron chi connectivity index (χ0n) is 24.1. The van der Waals surface area contributed by atoms with Crippen molar-refractivity contribution < 1.29 is 29.1 Å². The van der Waals surface area contributed by atoms with Gasteiger partial charge in [0.15, 0.2) is 5.60 Å². The molecule has 2 aliphatic heterocycles. The minimum absolute atomic E-state index is 0.0923. The summed E-state index contributed by atoms with van der Waals surface area (Å²) in [5.74, 6) is -0.477. The van der Waals surface area contributed by atoms with Crippen molar-refractivity contribution in [3.05, 3.63) is 28.8 Å². The molecule has 1 spiro atoms. The average molecular weight is 542 g/mol. The Labute approximate surface area is 231 Å². The Morgan fingerprint density at radius 2 is 1.82 bits per heavy atom. The molecule has 2 heterocycles. The SMILES string of the molecule is COc1c(C)cc(C2=NO[C@]3(C2)C[C@@H](C(=O)O)N(C(=O)C(NC(=O)CC2CCCCC2)C(C)(C)C)C3)cc1C. The molecule has 214 valence electrons. The molecule has 1 aliphatic carbocycles. The van der Waals surface area contributed by atoms with E-state index in [4.69, 9.17) is 9.57 Å². The van der Waals surface area contributed by atoms with Crippen molar-refractivity contribution in [3.8, 4) is 5.75 Å². The summed E-state index contributed by atoms with van der Waals surface area (Å²) < 4.78 is 5.48. The van der Waals surface area contributed by atoms with Crippen LogP contribution in [0, 0.1) is 25.2 Å². The zero-order chi connectivity index (χ0) is 28.5. The van der Waals surface area contributed by atoms with Crippen molar-refractivity contribution in [2.45, 2.75) is 104 Å². The van der Waals surface area contributed by atoms with Crippen LogP contribution in [0.25, 0.3) is 0 Å². The molecule has 9 heteroatoms. The molecule has 2 N–H and O–H groups in total. The minimum atomic E-state index is -1.09. The number of methoxy groups -OCH3 is 1. The van der Waals surface area contributed by atoms with Gasteiger partial charge < -0.3 is 24.9 Å². The largest absolute Gasteiger partial charge is 0.496 e. The lowest BCUT2D eigenvalue weighted by Gasteiger charge is -2.35. The maximum absolute atomic E-state index is 13.9. The first-order valence-corrected chi connectivity index (χ1v) is 14.1. The molecule has 1 saturated heterocycles. The van der Waals surface area contributed by atoms with E-state index in [9.17, 15) is 19.5 Å². The summed E-state index contributed by atoms with van der Waals surface area (Å²) >= 11 is 0. The van der Waals surface area contributed by atoms with Crippen molar-refractivity contribution in [1.29, 1.82) is 0 Å². The molecular weight excluding hydrogens is 498 g/mol. The standard InChI is InChI=1S/C30H43N3O6/c1-18-12-21(13-19(2)25(18)38-6)22-15-30(39-32-22)16-23(28(36)37)33(17-30)27(35)26(29(3,4)5)31-24(34)14-20-10-8-7-9-11-20/h12-13,20,23,26H,7-11,14-17H2,1-6H3,(H,31,34)(H,36,37)/t23-,26?,30+/m0/s1. The van der Waals surface area contributed by atoms with Gasteiger partial charge >= 0.3 is 5.97 Å². The summed E-state index contributed by atoms with van der Waals surface area (Å²) in [6.45, 7) is 9.69. The summed E-state index contributed by atoms with van der Waals surface area (Å²) in [6, 6.07) is 2.06. The van der Waals surface area contributed by atoms with Crippen molar-refractivity contribution in [2.75, 3.05) is 13.7 Å². The second-order valence-electron chi connectivity index (χ2n) is 12.7. The number of hydrogen-bond donors (Lipinski definition) is 2. The molecule has 39 heavy (non-hydrogen) atoms. The van der Waals surface area contributed by atoms with Crippen molar-refractivity contribution >= 4 is 23.5 Å². The Morgan fingerprint density at radius 1 is 1.18 bits per heavy atom. The molecule has 0 bridgehead atoms. The van der Waals surface area contributed by atoms with Crippen LogP contribution in [0.1, 0.15) is 88.8 Å². The third-order valence-corrected chi connectivity index (χ3v) is 8.42. The highest BCUT2D eigenvalue weighted by atomic mass is 16.7. The molecule has 1 aromatic carbocycles. The number of aliphatic carboxylic acids is 1. The van der Waals surface area contributed by atoms with Gasteiger partial charge in [-0.1, -0.05) is 45.2 Å². The second kappa shape index (κ2) is 11.2. The average Bonchev–Trinajstić information content (AvgIpc) is 3.46. The van der Waals surface area contributed by atoms with Gasteiger partial charge in [-0.25, -0.2) is 4.79 Å². The number of ether oxygens (including phenoxy) is 1. The van der Waals surface area contributed by atoms with Gasteiger partial charge in [-0.15, -0.1) is 0 Å². The van der Waals surface area contributed by atoms with Crippen LogP contribution in [0.15, 0.2) is 17.3 Å². The molecule has 0 radical (unpaired) electrons. The van der Waals surface area contributed by atoms with E-state index in [1.54, 1.807) is 7.11 Å². The molecule has 3 aliphatic rings. The summed E-state index contributed by atoms with van der Waals surface area (Å²) in [5, 5.41) is 17.4. The lowest BCUT2D eigenvalue weighted by atomic mass is 9.84. The molecular formula is C30H43N3O6. The molecule has 1 saturated carbocycles. The normalized spacial score (nSPS) is 24.3. The van der Waals surface area contributed by atoms with E-state index in [0.717, 1.165) is 53.8 Å². The number of nitrogens with zero attached hydrogens (tertiary/aromatic N) is 2. The lowest BCUT2D eigenvalue weighted by Crippen LogP contribution is -2.57. The smallest absolute Gasteiger partial charge is 0.326 e. The first kappa shape index (κ1) is 28.9. The predicted octanol–water partition coefficient (Wildman–Crippen LogP) is 4.36. The van der Waals surface area contributed by atoms with Gasteiger partial charge in [0.2, 0.25) is 11.8 Å². The number of likely N-dealkylation sites (tertiary alicyclic amines) is 1. The highest BCUT2D eigenvalue weighted by molar-refractivity contribution is 6.02. The number of nitrogens with one attached hydrogen (secondary N) is 1. The molecule has 4 rings (SSSR count). The molecule has 1 unspecified atom stereocenters. The fourth-order valence-corrected chi connectivity index (χ4v) is 6.40. The maximum atomic E-state index is 13.9. The Hall–Kier alpha value is -3.10. The van der Waals surface area contributed by atoms with Crippen LogP contribution in [0.3, 0.4) is 0 Å². The van der Waals surface area contributed by atoms with E-state index < -0.39 is 35.0 Å². The van der Waals surface area contributed by atoms with Gasteiger partial charge in [0.25, 0.3) is 0 Å². The highest BCUT2D eigenvalue weighted by Gasteiger charge is 2.55. The van der Waals surface area contributed by atoms with E-state index in [1.165, 1.54) is 11.3 Å². The van der Waals surface area contributed by atoms with Gasteiger partial charge in [-0.05, 0) is 61.3 Å². The monoisotopic (exact) mass is 541 g/mol. The van der Waals surface area contributed by atoms with Crippen molar-refractivity contribution in [3.63, 3.8) is 0 Å². The van der Waals surface area contributed by atoms with E-state index in [0.29, 0.717) is 18.8 Å². The molecule has 2 amide bonds. The van der Waals surface area contributed by atoms with Crippen LogP contribution < -0.4 is 10.1 Å². The van der Waals surface area contributed by atoms with Crippen LogP contribution in [0.4, 0.5) is 0 Å². The van der Waals surface area contributed by atoms with Gasteiger partial charge in [0.05, 0.1) is 19.4 Å². The maximum Gasteiger partial charge on any atom is 0.326 e. The number of benzene rings is 1. The number of carboxylic acid groups (broad SMARTS) is 1. The van der Waals surface area contributed by atoms with E-state index in [2.05, 4.69) is 10.5 Å². The van der Waals surface area contributed by atoms with Crippen LogP contribution in [-0.4, -0.2) is 64.8 Å². The Balaban J connectivity index is 1.51. The number of carboxylic acids is 1. The van der Waals surface area contributed by atoms with Gasteiger partial charge in [0.1, 0.15) is 17.8 Å². The van der Waals surface area contributed by atoms with E-state index in [1.807, 2.05) is 46.8 Å². The predicted molar refractivity (Wildman–Crippen MR) is 148 cm³/mol. The first-order chi connectivity index (χ1) is 18.3. The zero-order valence-corrected chi connectivity index (χ0v) is 24.1. The summed E-state index contributed by atoms with van der Waals surface area (Å²) in [5.41, 5.74) is 2.02. The number of amides is 2. The Morgan fingerprint density at radius 3 is 2.38 bits per heavy atom. The number of hydrogen-bond acceptors (Lipinski definition) is 6. The lowest BCUT2D eigenvalue weighted by molar-refractivity contribution is -0.150. The first-order valence-electron chi connectivity index (χ1n) is 14.1. The molecule has 0 aromatic heterocycles. The number of aryl methyl sites for hydroxylation is 2. The quantitative estimate of drug-likeness (QED) is 0.530. The number of rotatable bonds is 7. The number of carbonyl (C=O) groups excluding carboxylic acids is 2. The van der Waals surface area contributed by atoms with Crippen molar-refractivity contribution in [2.24, 2.45) is 16.5 Å². The topological polar surface area (TPSA) is 118 Å². The van der Waals surface area contributed by atoms with Crippen LogP contribution >= 0.6 is 0 Å². The molecule has 1 aromatic rings. The fourth-order valence-electron chi connectivity index (χ4n) is 6.40. The minimum Gasteiger partial charge on any atom is -0.496 e. The third kappa shape index (κ3) is 6.23. The Kier molecular flexibility index (Phi) is 8.28. The van der Waals surface area contributed by atoms with Crippen LogP contribution in [0.2, 0.25) is 0 Å². The molecule has 3 atom stereocenters. The summed E-state index contributed by atoms with van der Waals surface area (Å²) in [7, 11) is 1.64. The van der Waals surface area contributed by atoms with Crippen LogP contribution in [0.5, 0.6) is 5.75 Å². The van der Waals surface area contributed by atoms with E-state index in [-0.39, 0.29) is 18.9 Å². The van der Waals surface area contributed by atoms with Crippen LogP contribution in [-0.2, 0) is 19.2 Å². The molecule has 2 fully saturated rings. The summed E-state index contributed by atoms with van der Waals surface area (Å²) in [4.78, 5) is 46.6. The van der Waals surface area contributed by atoms with Gasteiger partial charge in [-0.2, -0.15) is 0 Å². The highest BCUT2D eigenvalue weighted by Crippen LogP contribution is 2.40. The van der Waals surface area contributed by atoms with Gasteiger partial charge in [-0.3, -0.25) is 9.59 Å². The number of oxime groups is 1. The Bertz CT molecular complexity index is 1130. The van der Waals surface area contributed by atoms with Crippen molar-refractivity contribution in [1.82, 2.24) is 10.2 Å². The fraction of sp³-hybridized carbons (Fsp3) is 0.667. The third-order valence-electron chi connectivity index (χ3n) is 8.42. The summed E-state index contributed by atoms with van der Waals surface area (Å²) in [6.07, 6.45) is 6.45. The molecule has 9 nitrogen and oxygen atoms in total. The van der Waals surface area contributed by atoms with E-state index >= 15 is 0 Å². The van der Waals surface area contributed by atoms with Gasteiger partial charge in [0, 0.05) is 24.8 Å².